The van der Waals surface area contributed by atoms with Crippen molar-refractivity contribution in [3.05, 3.63) is 18.2 Å². The largest absolute Gasteiger partial charge is 0.481 e. The lowest BCUT2D eigenvalue weighted by molar-refractivity contribution is -0.138. The van der Waals surface area contributed by atoms with Crippen molar-refractivity contribution in [2.45, 2.75) is 25.8 Å². The van der Waals surface area contributed by atoms with Crippen LogP contribution in [0.2, 0.25) is 0 Å². The molecular weight excluding hydrogens is 168 g/mol. The van der Waals surface area contributed by atoms with Gasteiger partial charge in [-0.1, -0.05) is 0 Å². The van der Waals surface area contributed by atoms with E-state index >= 15 is 0 Å². The first-order valence-corrected chi connectivity index (χ1v) is 4.47. The number of nitrogens with zero attached hydrogens (tertiary/aromatic N) is 2. The van der Waals surface area contributed by atoms with Crippen molar-refractivity contribution in [3.63, 3.8) is 0 Å². The molecule has 1 atom stereocenters. The number of hydrogen-bond acceptors (Lipinski definition) is 2. The van der Waals surface area contributed by atoms with E-state index in [2.05, 4.69) is 9.55 Å². The lowest BCUT2D eigenvalue weighted by atomic mass is 9.96. The minimum Gasteiger partial charge on any atom is -0.481 e. The zero-order valence-corrected chi connectivity index (χ0v) is 7.31. The van der Waals surface area contributed by atoms with Gasteiger partial charge in [0.2, 0.25) is 0 Å². The molecule has 1 aromatic heterocycles. The molecule has 13 heavy (non-hydrogen) atoms. The number of carbonyl (C=O) groups is 1. The van der Waals surface area contributed by atoms with E-state index in [1.807, 2.05) is 6.20 Å². The second-order valence-corrected chi connectivity index (χ2v) is 3.50. The van der Waals surface area contributed by atoms with Gasteiger partial charge in [0.1, 0.15) is 5.82 Å². The first kappa shape index (κ1) is 8.29. The summed E-state index contributed by atoms with van der Waals surface area (Å²) in [4.78, 5) is 14.7. The van der Waals surface area contributed by atoms with E-state index in [0.717, 1.165) is 25.2 Å². The fraction of sp³-hybridized carbons (Fsp3) is 0.556. The number of carboxylic acid groups (broad SMARTS) is 1. The zero-order chi connectivity index (χ0) is 9.26. The quantitative estimate of drug-likeness (QED) is 0.736. The van der Waals surface area contributed by atoms with Gasteiger partial charge in [0.15, 0.2) is 0 Å². The van der Waals surface area contributed by atoms with Gasteiger partial charge in [-0.3, -0.25) is 4.79 Å². The van der Waals surface area contributed by atoms with Crippen molar-refractivity contribution in [2.75, 3.05) is 0 Å². The maximum Gasteiger partial charge on any atom is 0.303 e. The molecule has 1 aromatic rings. The summed E-state index contributed by atoms with van der Waals surface area (Å²) < 4.78 is 2.05. The van der Waals surface area contributed by atoms with Crippen LogP contribution in [0.25, 0.3) is 0 Å². The van der Waals surface area contributed by atoms with Crippen LogP contribution in [0.4, 0.5) is 0 Å². The molecule has 4 nitrogen and oxygen atoms in total. The third-order valence-corrected chi connectivity index (χ3v) is 2.50. The summed E-state index contributed by atoms with van der Waals surface area (Å²) >= 11 is 0. The number of aromatic nitrogens is 2. The normalized spacial score (nSPS) is 21.1. The van der Waals surface area contributed by atoms with Crippen LogP contribution < -0.4 is 0 Å². The van der Waals surface area contributed by atoms with E-state index < -0.39 is 5.97 Å². The van der Waals surface area contributed by atoms with Crippen LogP contribution >= 0.6 is 0 Å². The van der Waals surface area contributed by atoms with Crippen LogP contribution in [0.15, 0.2) is 12.4 Å². The molecule has 0 fully saturated rings. The summed E-state index contributed by atoms with van der Waals surface area (Å²) in [6, 6.07) is 0. The molecule has 1 unspecified atom stereocenters. The Bertz CT molecular complexity index is 319. The first-order valence-electron chi connectivity index (χ1n) is 4.47. The Hall–Kier alpha value is -1.32. The smallest absolute Gasteiger partial charge is 0.303 e. The Kier molecular flexibility index (Phi) is 2.04. The standard InChI is InChI=1S/C9H12N2O2/c12-9(13)5-7-1-2-8-10-3-4-11(8)6-7/h3-4,7H,1-2,5-6H2,(H,12,13). The second-order valence-electron chi connectivity index (χ2n) is 3.50. The molecule has 0 spiro atoms. The molecule has 0 aromatic carbocycles. The molecule has 0 saturated carbocycles. The van der Waals surface area contributed by atoms with Crippen LogP contribution in [-0.2, 0) is 17.8 Å². The molecule has 0 amide bonds. The fourth-order valence-corrected chi connectivity index (χ4v) is 1.85. The molecule has 1 aliphatic heterocycles. The molecule has 0 bridgehead atoms. The van der Waals surface area contributed by atoms with Crippen molar-refractivity contribution >= 4 is 5.97 Å². The fourth-order valence-electron chi connectivity index (χ4n) is 1.85. The van der Waals surface area contributed by atoms with E-state index in [0.29, 0.717) is 0 Å². The Balaban J connectivity index is 2.04. The Morgan fingerprint density at radius 2 is 2.62 bits per heavy atom. The summed E-state index contributed by atoms with van der Waals surface area (Å²) in [5.41, 5.74) is 0. The van der Waals surface area contributed by atoms with Gasteiger partial charge in [-0.15, -0.1) is 0 Å². The number of hydrogen-bond donors (Lipinski definition) is 1. The summed E-state index contributed by atoms with van der Waals surface area (Å²) in [5, 5.41) is 8.64. The highest BCUT2D eigenvalue weighted by Crippen LogP contribution is 2.21. The zero-order valence-electron chi connectivity index (χ0n) is 7.31. The lowest BCUT2D eigenvalue weighted by Crippen LogP contribution is -2.22. The molecule has 0 saturated heterocycles. The van der Waals surface area contributed by atoms with Crippen LogP contribution in [0, 0.1) is 5.92 Å². The van der Waals surface area contributed by atoms with Crippen LogP contribution in [0.1, 0.15) is 18.7 Å². The van der Waals surface area contributed by atoms with Crippen molar-refractivity contribution in [2.24, 2.45) is 5.92 Å². The van der Waals surface area contributed by atoms with Crippen molar-refractivity contribution in [3.8, 4) is 0 Å². The van der Waals surface area contributed by atoms with Gasteiger partial charge in [0.05, 0.1) is 0 Å². The topological polar surface area (TPSA) is 55.1 Å². The molecule has 0 radical (unpaired) electrons. The van der Waals surface area contributed by atoms with E-state index in [1.165, 1.54) is 0 Å². The van der Waals surface area contributed by atoms with Crippen LogP contribution in [-0.4, -0.2) is 20.6 Å². The average Bonchev–Trinajstić information content (AvgIpc) is 2.49. The summed E-state index contributed by atoms with van der Waals surface area (Å²) in [7, 11) is 0. The minimum absolute atomic E-state index is 0.275. The van der Waals surface area contributed by atoms with E-state index in [1.54, 1.807) is 6.20 Å². The maximum absolute atomic E-state index is 10.5. The van der Waals surface area contributed by atoms with Crippen LogP contribution in [0.5, 0.6) is 0 Å². The summed E-state index contributed by atoms with van der Waals surface area (Å²) in [5.74, 6) is 0.661. The lowest BCUT2D eigenvalue weighted by Gasteiger charge is -2.21. The molecule has 1 N–H and O–H groups in total. The molecule has 1 aliphatic rings. The van der Waals surface area contributed by atoms with Crippen molar-refractivity contribution < 1.29 is 9.90 Å². The molecule has 70 valence electrons. The first-order chi connectivity index (χ1) is 6.25. The minimum atomic E-state index is -0.700. The number of aliphatic carboxylic acids is 1. The molecule has 2 rings (SSSR count). The Labute approximate surface area is 76.2 Å². The summed E-state index contributed by atoms with van der Waals surface area (Å²) in [6.45, 7) is 0.807. The predicted molar refractivity (Wildman–Crippen MR) is 46.3 cm³/mol. The van der Waals surface area contributed by atoms with Gasteiger partial charge in [0, 0.05) is 31.8 Å². The number of rotatable bonds is 2. The van der Waals surface area contributed by atoms with Gasteiger partial charge in [0.25, 0.3) is 0 Å². The van der Waals surface area contributed by atoms with E-state index in [9.17, 15) is 4.79 Å². The average molecular weight is 180 g/mol. The molecule has 0 aliphatic carbocycles. The predicted octanol–water partition coefficient (Wildman–Crippen LogP) is 0.920. The summed E-state index contributed by atoms with van der Waals surface area (Å²) in [6.07, 6.45) is 5.83. The van der Waals surface area contributed by atoms with Gasteiger partial charge >= 0.3 is 5.97 Å². The number of aryl methyl sites for hydroxylation is 1. The van der Waals surface area contributed by atoms with Crippen molar-refractivity contribution in [1.82, 2.24) is 9.55 Å². The highest BCUT2D eigenvalue weighted by molar-refractivity contribution is 5.67. The highest BCUT2D eigenvalue weighted by atomic mass is 16.4. The van der Waals surface area contributed by atoms with Gasteiger partial charge in [-0.05, 0) is 12.3 Å². The third kappa shape index (κ3) is 1.71. The van der Waals surface area contributed by atoms with E-state index in [4.69, 9.17) is 5.11 Å². The molecule has 2 heterocycles. The molecule has 4 heteroatoms. The number of fused-ring (bicyclic) bond motifs is 1. The number of imidazole rings is 1. The second kappa shape index (κ2) is 3.20. The molecular formula is C9H12N2O2. The van der Waals surface area contributed by atoms with Gasteiger partial charge in [-0.25, -0.2) is 4.98 Å². The van der Waals surface area contributed by atoms with Crippen LogP contribution in [0.3, 0.4) is 0 Å². The van der Waals surface area contributed by atoms with Gasteiger partial charge in [-0.2, -0.15) is 0 Å². The Morgan fingerprint density at radius 3 is 3.38 bits per heavy atom. The Morgan fingerprint density at radius 1 is 1.77 bits per heavy atom. The SMILES string of the molecule is O=C(O)CC1CCc2nccn2C1. The number of carboxylic acids is 1. The highest BCUT2D eigenvalue weighted by Gasteiger charge is 2.20. The monoisotopic (exact) mass is 180 g/mol. The third-order valence-electron chi connectivity index (χ3n) is 2.50. The maximum atomic E-state index is 10.5. The van der Waals surface area contributed by atoms with E-state index in [-0.39, 0.29) is 12.3 Å². The van der Waals surface area contributed by atoms with Gasteiger partial charge < -0.3 is 9.67 Å². The van der Waals surface area contributed by atoms with Crippen molar-refractivity contribution in [1.29, 1.82) is 0 Å².